The third-order valence-corrected chi connectivity index (χ3v) is 10.4. The summed E-state index contributed by atoms with van der Waals surface area (Å²) >= 11 is 14.2. The monoisotopic (exact) mass is 712 g/mol. The zero-order valence-electron chi connectivity index (χ0n) is 27.6. The van der Waals surface area contributed by atoms with Gasteiger partial charge in [0, 0.05) is 84.4 Å². The smallest absolute Gasteiger partial charge is 0.262 e. The summed E-state index contributed by atoms with van der Waals surface area (Å²) in [5.74, 6) is 0.586. The van der Waals surface area contributed by atoms with E-state index in [1.54, 1.807) is 19.5 Å². The van der Waals surface area contributed by atoms with Crippen LogP contribution in [-0.4, -0.2) is 57.2 Å². The van der Waals surface area contributed by atoms with Crippen LogP contribution in [0.2, 0.25) is 10.0 Å². The topological polar surface area (TPSA) is 130 Å². The summed E-state index contributed by atoms with van der Waals surface area (Å²) in [4.78, 5) is 34.1. The molecule has 1 saturated carbocycles. The summed E-state index contributed by atoms with van der Waals surface area (Å²) in [7, 11) is 1.59. The van der Waals surface area contributed by atoms with Crippen molar-refractivity contribution >= 4 is 34.8 Å². The lowest BCUT2D eigenvalue weighted by atomic mass is 9.80. The van der Waals surface area contributed by atoms with Gasteiger partial charge in [-0.3, -0.25) is 14.0 Å². The normalized spacial score (nSPS) is 16.7. The van der Waals surface area contributed by atoms with Crippen molar-refractivity contribution in [3.63, 3.8) is 0 Å². The zero-order chi connectivity index (χ0) is 34.8. The molecule has 12 heteroatoms. The number of nitrogens with zero attached hydrogens (tertiary/aromatic N) is 3. The number of halogens is 2. The van der Waals surface area contributed by atoms with Crippen molar-refractivity contribution < 1.29 is 14.6 Å². The number of carbonyl (C=O) groups excluding carboxylic acids is 1. The first-order valence-electron chi connectivity index (χ1n) is 16.8. The van der Waals surface area contributed by atoms with Crippen molar-refractivity contribution in [2.24, 2.45) is 0 Å². The molecule has 4 heterocycles. The lowest BCUT2D eigenvalue weighted by Gasteiger charge is -2.36. The first-order valence-corrected chi connectivity index (χ1v) is 17.5. The van der Waals surface area contributed by atoms with Crippen molar-refractivity contribution in [2.75, 3.05) is 20.2 Å². The van der Waals surface area contributed by atoms with Gasteiger partial charge < -0.3 is 25.8 Å². The number of hydrogen-bond donors (Lipinski definition) is 4. The molecule has 1 aliphatic carbocycles. The molecule has 0 radical (unpaired) electrons. The molecule has 0 bridgehead atoms. The van der Waals surface area contributed by atoms with Crippen molar-refractivity contribution in [1.82, 2.24) is 30.3 Å². The first-order chi connectivity index (χ1) is 24.2. The molecule has 2 aromatic carbocycles. The van der Waals surface area contributed by atoms with Gasteiger partial charge in [0.2, 0.25) is 11.8 Å². The minimum absolute atomic E-state index is 0.0938. The van der Waals surface area contributed by atoms with E-state index in [1.807, 2.05) is 60.7 Å². The van der Waals surface area contributed by atoms with Gasteiger partial charge in [0.05, 0.1) is 28.5 Å². The number of amides is 1. The van der Waals surface area contributed by atoms with Crippen LogP contribution in [0.1, 0.15) is 43.2 Å². The molecule has 258 valence electrons. The standard InChI is InChI=1S/C38H38Cl2N6O4/c1-50-36-24(18-41-21-26-10-12-33(47)44-26)9-11-31(45-36)30-8-3-7-29(35(30)40)28-6-2-5-27(34(28)39)23-13-16-46-32(17-23)43-20-25(37(46)48)19-42-22-38(49)14-4-15-38/h2-3,5-9,11,13,16-17,20,26,41-42,49H,4,10,12,14-15,18-19,21-22H2,1H3,(H,44,47)/t26-/m0/s1. The van der Waals surface area contributed by atoms with Crippen molar-refractivity contribution in [2.45, 2.75) is 56.8 Å². The fourth-order valence-electron chi connectivity index (χ4n) is 6.64. The molecular weight excluding hydrogens is 675 g/mol. The fourth-order valence-corrected chi connectivity index (χ4v) is 7.30. The van der Waals surface area contributed by atoms with Crippen LogP contribution in [-0.2, 0) is 17.9 Å². The molecule has 2 aliphatic rings. The van der Waals surface area contributed by atoms with E-state index in [9.17, 15) is 14.7 Å². The molecule has 10 nitrogen and oxygen atoms in total. The number of aromatic nitrogens is 3. The Labute approximate surface area is 299 Å². The Hall–Kier alpha value is -4.32. The van der Waals surface area contributed by atoms with Gasteiger partial charge in [-0.05, 0) is 49.4 Å². The number of rotatable bonds is 12. The number of nitrogens with one attached hydrogen (secondary N) is 3. The van der Waals surface area contributed by atoms with Crippen LogP contribution >= 0.6 is 23.2 Å². The highest BCUT2D eigenvalue weighted by Gasteiger charge is 2.33. The minimum atomic E-state index is -0.666. The Morgan fingerprint density at radius 3 is 2.38 bits per heavy atom. The quantitative estimate of drug-likeness (QED) is 0.128. The molecular formula is C38H38Cl2N6O4. The third kappa shape index (κ3) is 6.99. The first kappa shape index (κ1) is 34.1. The van der Waals surface area contributed by atoms with E-state index in [-0.39, 0.29) is 17.5 Å². The molecule has 1 saturated heterocycles. The summed E-state index contributed by atoms with van der Waals surface area (Å²) in [5.41, 5.74) is 5.57. The Kier molecular flexibility index (Phi) is 9.90. The van der Waals surface area contributed by atoms with E-state index < -0.39 is 5.60 Å². The SMILES string of the molecule is COc1nc(-c2cccc(-c3cccc(-c4ccn5c(=O)c(CNCC6(O)CCC6)cnc5c4)c3Cl)c2Cl)ccc1CNC[C@@H]1CCC(=O)N1. The van der Waals surface area contributed by atoms with Crippen LogP contribution in [0.4, 0.5) is 0 Å². The number of methoxy groups -OCH3 is 1. The van der Waals surface area contributed by atoms with Gasteiger partial charge >= 0.3 is 0 Å². The van der Waals surface area contributed by atoms with E-state index in [4.69, 9.17) is 32.9 Å². The van der Waals surface area contributed by atoms with E-state index in [0.717, 1.165) is 59.1 Å². The number of pyridine rings is 2. The van der Waals surface area contributed by atoms with Crippen molar-refractivity contribution in [1.29, 1.82) is 0 Å². The molecule has 2 fully saturated rings. The molecule has 4 N–H and O–H groups in total. The van der Waals surface area contributed by atoms with Crippen LogP contribution < -0.4 is 26.2 Å². The van der Waals surface area contributed by atoms with Crippen molar-refractivity contribution in [3.05, 3.63) is 105 Å². The predicted octanol–water partition coefficient (Wildman–Crippen LogP) is 5.78. The molecule has 50 heavy (non-hydrogen) atoms. The van der Waals surface area contributed by atoms with E-state index in [2.05, 4.69) is 20.9 Å². The number of hydrogen-bond acceptors (Lipinski definition) is 8. The van der Waals surface area contributed by atoms with Gasteiger partial charge in [-0.25, -0.2) is 9.97 Å². The predicted molar refractivity (Wildman–Crippen MR) is 196 cm³/mol. The van der Waals surface area contributed by atoms with Gasteiger partial charge in [0.1, 0.15) is 5.65 Å². The molecule has 0 spiro atoms. The summed E-state index contributed by atoms with van der Waals surface area (Å²) < 4.78 is 7.16. The summed E-state index contributed by atoms with van der Waals surface area (Å²) in [6.45, 7) is 2.00. The average molecular weight is 714 g/mol. The highest BCUT2D eigenvalue weighted by molar-refractivity contribution is 6.39. The second-order valence-electron chi connectivity index (χ2n) is 13.0. The van der Waals surface area contributed by atoms with Gasteiger partial charge in [0.25, 0.3) is 5.56 Å². The Balaban J connectivity index is 1.12. The van der Waals surface area contributed by atoms with Gasteiger partial charge in [-0.2, -0.15) is 0 Å². The molecule has 3 aromatic heterocycles. The molecule has 7 rings (SSSR count). The number of aliphatic hydroxyl groups is 1. The maximum Gasteiger partial charge on any atom is 0.262 e. The number of ether oxygens (including phenoxy) is 1. The highest BCUT2D eigenvalue weighted by Crippen LogP contribution is 2.42. The highest BCUT2D eigenvalue weighted by atomic mass is 35.5. The lowest BCUT2D eigenvalue weighted by Crippen LogP contribution is -2.46. The fraction of sp³-hybridized carbons (Fsp3) is 0.316. The van der Waals surface area contributed by atoms with Crippen LogP contribution in [0.15, 0.2) is 77.9 Å². The Morgan fingerprint density at radius 2 is 1.68 bits per heavy atom. The van der Waals surface area contributed by atoms with Gasteiger partial charge in [0.15, 0.2) is 0 Å². The van der Waals surface area contributed by atoms with E-state index in [1.165, 1.54) is 4.40 Å². The summed E-state index contributed by atoms with van der Waals surface area (Å²) in [5, 5.41) is 20.9. The molecule has 1 aliphatic heterocycles. The van der Waals surface area contributed by atoms with Gasteiger partial charge in [-0.15, -0.1) is 0 Å². The molecule has 0 unspecified atom stereocenters. The summed E-state index contributed by atoms with van der Waals surface area (Å²) in [6, 6.07) is 19.3. The largest absolute Gasteiger partial charge is 0.481 e. The molecule has 1 atom stereocenters. The van der Waals surface area contributed by atoms with E-state index in [0.29, 0.717) is 65.4 Å². The number of fused-ring (bicyclic) bond motifs is 1. The lowest BCUT2D eigenvalue weighted by molar-refractivity contribution is -0.119. The van der Waals surface area contributed by atoms with Crippen LogP contribution in [0, 0.1) is 0 Å². The Morgan fingerprint density at radius 1 is 0.960 bits per heavy atom. The second-order valence-corrected chi connectivity index (χ2v) is 13.8. The zero-order valence-corrected chi connectivity index (χ0v) is 29.2. The maximum atomic E-state index is 13.2. The third-order valence-electron chi connectivity index (χ3n) is 9.63. The molecule has 1 amide bonds. The maximum absolute atomic E-state index is 13.2. The van der Waals surface area contributed by atoms with Crippen LogP contribution in [0.25, 0.3) is 39.2 Å². The summed E-state index contributed by atoms with van der Waals surface area (Å²) in [6.07, 6.45) is 7.29. The Bertz CT molecular complexity index is 2130. The average Bonchev–Trinajstić information content (AvgIpc) is 3.53. The molecule has 5 aromatic rings. The van der Waals surface area contributed by atoms with Gasteiger partial charge in [-0.1, -0.05) is 65.7 Å². The minimum Gasteiger partial charge on any atom is -0.481 e. The number of benzene rings is 2. The van der Waals surface area contributed by atoms with Crippen LogP contribution in [0.3, 0.4) is 0 Å². The van der Waals surface area contributed by atoms with E-state index >= 15 is 0 Å². The number of carbonyl (C=O) groups is 1. The van der Waals surface area contributed by atoms with Crippen molar-refractivity contribution in [3.8, 4) is 39.4 Å². The van der Waals surface area contributed by atoms with Crippen LogP contribution in [0.5, 0.6) is 5.88 Å². The second kappa shape index (κ2) is 14.5.